The van der Waals surface area contributed by atoms with Gasteiger partial charge in [-0.05, 0) is 55.4 Å². The normalized spacial score (nSPS) is 26.1. The van der Waals surface area contributed by atoms with E-state index in [4.69, 9.17) is 0 Å². The Morgan fingerprint density at radius 3 is 2.87 bits per heavy atom. The average molecular weight is 201 g/mol. The summed E-state index contributed by atoms with van der Waals surface area (Å²) in [4.78, 5) is 0. The van der Waals surface area contributed by atoms with Gasteiger partial charge in [-0.1, -0.05) is 18.2 Å². The lowest BCUT2D eigenvalue weighted by atomic mass is 9.97. The van der Waals surface area contributed by atoms with E-state index in [9.17, 15) is 0 Å². The molecule has 0 amide bonds. The van der Waals surface area contributed by atoms with Crippen LogP contribution in [-0.4, -0.2) is 7.05 Å². The lowest BCUT2D eigenvalue weighted by Gasteiger charge is -2.12. The molecule has 1 N–H and O–H groups in total. The highest BCUT2D eigenvalue weighted by Crippen LogP contribution is 2.25. The second-order valence-corrected chi connectivity index (χ2v) is 4.15. The predicted octanol–water partition coefficient (Wildman–Crippen LogP) is 3.48. The summed E-state index contributed by atoms with van der Waals surface area (Å²) in [5.74, 6) is 0. The Morgan fingerprint density at radius 1 is 1.07 bits per heavy atom. The van der Waals surface area contributed by atoms with Crippen LogP contribution in [0.3, 0.4) is 0 Å². The van der Waals surface area contributed by atoms with Crippen molar-refractivity contribution in [1.29, 1.82) is 0 Å². The Labute approximate surface area is 92.3 Å². The molecule has 0 atom stereocenters. The van der Waals surface area contributed by atoms with Gasteiger partial charge in [0, 0.05) is 12.7 Å². The molecule has 0 radical (unpaired) electrons. The first-order chi connectivity index (χ1) is 7.40. The maximum absolute atomic E-state index is 3.20. The molecule has 0 saturated carbocycles. The van der Waals surface area contributed by atoms with E-state index in [1.807, 2.05) is 7.05 Å². The molecule has 2 aliphatic rings. The summed E-state index contributed by atoms with van der Waals surface area (Å²) < 4.78 is 0. The number of nitrogens with one attached hydrogen (secondary N) is 1. The van der Waals surface area contributed by atoms with Crippen LogP contribution in [0.4, 0.5) is 0 Å². The highest BCUT2D eigenvalue weighted by Gasteiger charge is 2.07. The largest absolute Gasteiger partial charge is 0.388 e. The minimum atomic E-state index is 1.09. The Balaban J connectivity index is 2.24. The van der Waals surface area contributed by atoms with Crippen molar-refractivity contribution in [3.05, 3.63) is 47.2 Å². The van der Waals surface area contributed by atoms with Crippen LogP contribution < -0.4 is 5.32 Å². The molecule has 0 aromatic rings. The highest BCUT2D eigenvalue weighted by molar-refractivity contribution is 5.42. The van der Waals surface area contributed by atoms with Crippen LogP contribution in [0.2, 0.25) is 0 Å². The fraction of sp³-hybridized carbons (Fsp3) is 0.429. The van der Waals surface area contributed by atoms with Crippen molar-refractivity contribution in [2.45, 2.75) is 32.1 Å². The number of rotatable bonds is 1. The standard InChI is InChI=1S/C14H19N/c1-15-14-10-6-9-13(11-14)12-7-4-2-3-5-8-12/h4,6-7,10-11,15H,2-3,5,8-9H2,1H3. The molecule has 0 aliphatic heterocycles. The average Bonchev–Trinajstić information content (AvgIpc) is 2.58. The zero-order chi connectivity index (χ0) is 10.5. The van der Waals surface area contributed by atoms with Crippen molar-refractivity contribution in [3.8, 4) is 0 Å². The van der Waals surface area contributed by atoms with Gasteiger partial charge in [0.15, 0.2) is 0 Å². The monoisotopic (exact) mass is 201 g/mol. The summed E-state index contributed by atoms with van der Waals surface area (Å²) >= 11 is 0. The summed E-state index contributed by atoms with van der Waals surface area (Å²) in [6.07, 6.45) is 17.6. The molecule has 80 valence electrons. The van der Waals surface area contributed by atoms with E-state index in [0.29, 0.717) is 0 Å². The first-order valence-electron chi connectivity index (χ1n) is 5.84. The van der Waals surface area contributed by atoms with Gasteiger partial charge >= 0.3 is 0 Å². The zero-order valence-corrected chi connectivity index (χ0v) is 9.42. The van der Waals surface area contributed by atoms with Crippen LogP contribution >= 0.6 is 0 Å². The Kier molecular flexibility index (Phi) is 3.44. The second-order valence-electron chi connectivity index (χ2n) is 4.15. The van der Waals surface area contributed by atoms with Crippen LogP contribution in [0.5, 0.6) is 0 Å². The van der Waals surface area contributed by atoms with Crippen LogP contribution in [0.25, 0.3) is 0 Å². The summed E-state index contributed by atoms with van der Waals surface area (Å²) in [5, 5.41) is 3.20. The number of hydrogen-bond donors (Lipinski definition) is 1. The van der Waals surface area contributed by atoms with Gasteiger partial charge in [0.25, 0.3) is 0 Å². The molecule has 0 spiro atoms. The third-order valence-corrected chi connectivity index (χ3v) is 3.05. The van der Waals surface area contributed by atoms with Crippen molar-refractivity contribution >= 4 is 0 Å². The van der Waals surface area contributed by atoms with Gasteiger partial charge in [-0.2, -0.15) is 0 Å². The smallest absolute Gasteiger partial charge is 0.0337 e. The van der Waals surface area contributed by atoms with E-state index in [0.717, 1.165) is 6.42 Å². The van der Waals surface area contributed by atoms with Gasteiger partial charge in [-0.3, -0.25) is 0 Å². The van der Waals surface area contributed by atoms with Crippen LogP contribution in [0, 0.1) is 0 Å². The van der Waals surface area contributed by atoms with Gasteiger partial charge in [-0.15, -0.1) is 0 Å². The van der Waals surface area contributed by atoms with Gasteiger partial charge in [0.1, 0.15) is 0 Å². The van der Waals surface area contributed by atoms with Crippen LogP contribution in [0.1, 0.15) is 32.1 Å². The minimum Gasteiger partial charge on any atom is -0.388 e. The number of allylic oxidation sites excluding steroid dienone is 7. The summed E-state index contributed by atoms with van der Waals surface area (Å²) in [6, 6.07) is 0. The van der Waals surface area contributed by atoms with Crippen molar-refractivity contribution in [2.24, 2.45) is 0 Å². The van der Waals surface area contributed by atoms with Gasteiger partial charge in [0.05, 0.1) is 0 Å². The van der Waals surface area contributed by atoms with E-state index in [2.05, 4.69) is 35.7 Å². The first kappa shape index (κ1) is 10.3. The molecule has 2 rings (SSSR count). The quantitative estimate of drug-likeness (QED) is 0.685. The van der Waals surface area contributed by atoms with Crippen LogP contribution in [-0.2, 0) is 0 Å². The molecule has 0 heterocycles. The van der Waals surface area contributed by atoms with Gasteiger partial charge in [-0.25, -0.2) is 0 Å². The van der Waals surface area contributed by atoms with Crippen molar-refractivity contribution in [1.82, 2.24) is 5.32 Å². The zero-order valence-electron chi connectivity index (χ0n) is 9.42. The molecule has 0 unspecified atom stereocenters. The molecular formula is C14H19N. The third kappa shape index (κ3) is 2.62. The second kappa shape index (κ2) is 5.01. The van der Waals surface area contributed by atoms with Crippen molar-refractivity contribution in [3.63, 3.8) is 0 Å². The number of likely N-dealkylation sites (N-methyl/N-ethyl adjacent to an activating group) is 1. The fourth-order valence-electron chi connectivity index (χ4n) is 2.14. The molecule has 1 nitrogen and oxygen atoms in total. The topological polar surface area (TPSA) is 12.0 Å². The van der Waals surface area contributed by atoms with E-state index < -0.39 is 0 Å². The van der Waals surface area contributed by atoms with E-state index in [-0.39, 0.29) is 0 Å². The predicted molar refractivity (Wildman–Crippen MR) is 65.5 cm³/mol. The summed E-state index contributed by atoms with van der Waals surface area (Å²) in [5.41, 5.74) is 4.24. The minimum absolute atomic E-state index is 1.09. The van der Waals surface area contributed by atoms with Crippen molar-refractivity contribution in [2.75, 3.05) is 7.05 Å². The molecule has 0 aromatic heterocycles. The fourth-order valence-corrected chi connectivity index (χ4v) is 2.14. The van der Waals surface area contributed by atoms with Gasteiger partial charge < -0.3 is 5.32 Å². The lowest BCUT2D eigenvalue weighted by Crippen LogP contribution is -2.06. The van der Waals surface area contributed by atoms with E-state index in [1.165, 1.54) is 42.5 Å². The lowest BCUT2D eigenvalue weighted by molar-refractivity contribution is 0.761. The maximum atomic E-state index is 3.20. The van der Waals surface area contributed by atoms with E-state index in [1.54, 1.807) is 0 Å². The number of hydrogen-bond acceptors (Lipinski definition) is 1. The van der Waals surface area contributed by atoms with Crippen LogP contribution in [0.15, 0.2) is 47.2 Å². The molecule has 0 aromatic carbocycles. The molecule has 1 heteroatoms. The maximum Gasteiger partial charge on any atom is 0.0337 e. The summed E-state index contributed by atoms with van der Waals surface area (Å²) in [6.45, 7) is 0. The Morgan fingerprint density at radius 2 is 2.00 bits per heavy atom. The van der Waals surface area contributed by atoms with Crippen molar-refractivity contribution < 1.29 is 0 Å². The Hall–Kier alpha value is -1.24. The SMILES string of the molecule is CNC1=CC(=C2C=CCCCC2)CC=C1. The molecule has 2 aliphatic carbocycles. The molecule has 0 saturated heterocycles. The Bertz CT molecular complexity index is 342. The third-order valence-electron chi connectivity index (χ3n) is 3.05. The highest BCUT2D eigenvalue weighted by atomic mass is 14.8. The summed E-state index contributed by atoms with van der Waals surface area (Å²) in [7, 11) is 1.98. The first-order valence-corrected chi connectivity index (χ1v) is 5.84. The van der Waals surface area contributed by atoms with Gasteiger partial charge in [0.2, 0.25) is 0 Å². The molecule has 15 heavy (non-hydrogen) atoms. The molecule has 0 bridgehead atoms. The molecular weight excluding hydrogens is 182 g/mol. The molecule has 0 fully saturated rings. The van der Waals surface area contributed by atoms with E-state index >= 15 is 0 Å².